The minimum atomic E-state index is 0.764. The molecule has 86 valence electrons. The molecule has 14 heavy (non-hydrogen) atoms. The topological polar surface area (TPSA) is 12.0 Å². The Kier molecular flexibility index (Phi) is 9.49. The number of nitrogens with one attached hydrogen (secondary N) is 1. The van der Waals surface area contributed by atoms with Crippen LogP contribution < -0.4 is 5.32 Å². The Balaban J connectivity index is 3.38. The molecular weight excluding hydrogens is 170 g/mol. The fraction of sp³-hybridized carbons (Fsp3) is 1.00. The van der Waals surface area contributed by atoms with Crippen molar-refractivity contribution in [3.63, 3.8) is 0 Å². The average molecular weight is 199 g/mol. The van der Waals surface area contributed by atoms with Crippen LogP contribution >= 0.6 is 0 Å². The molecule has 0 spiro atoms. The second-order valence-electron chi connectivity index (χ2n) is 4.74. The quantitative estimate of drug-likeness (QED) is 0.554. The van der Waals surface area contributed by atoms with Gasteiger partial charge in [-0.15, -0.1) is 0 Å². The highest BCUT2D eigenvalue weighted by atomic mass is 14.9. The van der Waals surface area contributed by atoms with Gasteiger partial charge >= 0.3 is 0 Å². The first-order valence-corrected chi connectivity index (χ1v) is 6.44. The molecule has 1 nitrogen and oxygen atoms in total. The molecule has 0 heterocycles. The lowest BCUT2D eigenvalue weighted by atomic mass is 10.1. The van der Waals surface area contributed by atoms with Gasteiger partial charge in [-0.3, -0.25) is 0 Å². The van der Waals surface area contributed by atoms with Crippen molar-refractivity contribution in [1.82, 2.24) is 5.32 Å². The first kappa shape index (κ1) is 14.0. The zero-order valence-corrected chi connectivity index (χ0v) is 10.6. The summed E-state index contributed by atoms with van der Waals surface area (Å²) in [5.41, 5.74) is 0. The lowest BCUT2D eigenvalue weighted by molar-refractivity contribution is 0.425. The maximum absolute atomic E-state index is 3.66. The molecule has 0 bridgehead atoms. The van der Waals surface area contributed by atoms with Crippen molar-refractivity contribution in [3.8, 4) is 0 Å². The van der Waals surface area contributed by atoms with Gasteiger partial charge in [0, 0.05) is 6.04 Å². The number of rotatable bonds is 9. The minimum Gasteiger partial charge on any atom is -0.314 e. The van der Waals surface area contributed by atoms with E-state index < -0.39 is 0 Å². The van der Waals surface area contributed by atoms with E-state index in [9.17, 15) is 0 Å². The van der Waals surface area contributed by atoms with E-state index in [1.165, 1.54) is 45.1 Å². The van der Waals surface area contributed by atoms with Crippen LogP contribution in [-0.4, -0.2) is 12.6 Å². The number of unbranched alkanes of at least 4 members (excludes halogenated alkanes) is 2. The zero-order chi connectivity index (χ0) is 10.8. The van der Waals surface area contributed by atoms with Crippen LogP contribution in [-0.2, 0) is 0 Å². The molecule has 0 saturated heterocycles. The summed E-state index contributed by atoms with van der Waals surface area (Å²) < 4.78 is 0. The normalized spacial score (nSPS) is 13.5. The minimum absolute atomic E-state index is 0.764. The predicted octanol–water partition coefficient (Wildman–Crippen LogP) is 3.98. The molecule has 1 N–H and O–H groups in total. The summed E-state index contributed by atoms with van der Waals surface area (Å²) in [4.78, 5) is 0. The Morgan fingerprint density at radius 1 is 1.00 bits per heavy atom. The molecule has 0 aromatic carbocycles. The smallest absolute Gasteiger partial charge is 0.00644 e. The van der Waals surface area contributed by atoms with E-state index in [4.69, 9.17) is 0 Å². The summed E-state index contributed by atoms with van der Waals surface area (Å²) in [5.74, 6) is 0.829. The maximum Gasteiger partial charge on any atom is 0.00644 e. The predicted molar refractivity (Wildman–Crippen MR) is 65.7 cm³/mol. The van der Waals surface area contributed by atoms with Crippen LogP contribution in [0.1, 0.15) is 66.2 Å². The lowest BCUT2D eigenvalue weighted by Gasteiger charge is -2.17. The van der Waals surface area contributed by atoms with E-state index in [0.717, 1.165) is 12.0 Å². The monoisotopic (exact) mass is 199 g/mol. The van der Waals surface area contributed by atoms with Crippen LogP contribution in [0.3, 0.4) is 0 Å². The molecule has 0 amide bonds. The Morgan fingerprint density at radius 3 is 2.21 bits per heavy atom. The van der Waals surface area contributed by atoms with Gasteiger partial charge in [0.2, 0.25) is 0 Å². The van der Waals surface area contributed by atoms with Crippen LogP contribution in [0, 0.1) is 5.92 Å². The van der Waals surface area contributed by atoms with E-state index >= 15 is 0 Å². The average Bonchev–Trinajstić information content (AvgIpc) is 2.15. The summed E-state index contributed by atoms with van der Waals surface area (Å²) in [6.07, 6.45) is 8.07. The van der Waals surface area contributed by atoms with Crippen molar-refractivity contribution in [3.05, 3.63) is 0 Å². The van der Waals surface area contributed by atoms with Crippen molar-refractivity contribution in [2.24, 2.45) is 5.92 Å². The van der Waals surface area contributed by atoms with Crippen LogP contribution in [0.5, 0.6) is 0 Å². The third kappa shape index (κ3) is 8.55. The third-order valence-electron chi connectivity index (χ3n) is 2.80. The number of hydrogen-bond donors (Lipinski definition) is 1. The van der Waals surface area contributed by atoms with Gasteiger partial charge in [-0.1, -0.05) is 47.0 Å². The van der Waals surface area contributed by atoms with E-state index in [1.807, 2.05) is 0 Å². The summed E-state index contributed by atoms with van der Waals surface area (Å²) in [7, 11) is 0. The first-order chi connectivity index (χ1) is 6.70. The van der Waals surface area contributed by atoms with Crippen molar-refractivity contribution >= 4 is 0 Å². The standard InChI is InChI=1S/C13H29N/c1-5-7-8-9-13(6-2)14-11-10-12(3)4/h12-14H,5-11H2,1-4H3. The Labute approximate surface area is 90.7 Å². The summed E-state index contributed by atoms with van der Waals surface area (Å²) >= 11 is 0. The molecular formula is C13H29N. The fourth-order valence-corrected chi connectivity index (χ4v) is 1.67. The van der Waals surface area contributed by atoms with Crippen LogP contribution in [0.25, 0.3) is 0 Å². The van der Waals surface area contributed by atoms with Crippen molar-refractivity contribution < 1.29 is 0 Å². The Morgan fingerprint density at radius 2 is 1.71 bits per heavy atom. The largest absolute Gasteiger partial charge is 0.314 e. The molecule has 0 radical (unpaired) electrons. The van der Waals surface area contributed by atoms with E-state index in [-0.39, 0.29) is 0 Å². The molecule has 1 heteroatoms. The maximum atomic E-state index is 3.66. The molecule has 0 fully saturated rings. The first-order valence-electron chi connectivity index (χ1n) is 6.44. The summed E-state index contributed by atoms with van der Waals surface area (Å²) in [6.45, 7) is 10.3. The van der Waals surface area contributed by atoms with Gasteiger partial charge in [0.15, 0.2) is 0 Å². The highest BCUT2D eigenvalue weighted by Gasteiger charge is 2.04. The molecule has 1 unspecified atom stereocenters. The molecule has 0 aliphatic carbocycles. The SMILES string of the molecule is CCCCCC(CC)NCCC(C)C. The van der Waals surface area contributed by atoms with Crippen LogP contribution in [0.15, 0.2) is 0 Å². The fourth-order valence-electron chi connectivity index (χ4n) is 1.67. The third-order valence-corrected chi connectivity index (χ3v) is 2.80. The van der Waals surface area contributed by atoms with Gasteiger partial charge in [0.25, 0.3) is 0 Å². The zero-order valence-electron chi connectivity index (χ0n) is 10.6. The Bertz CT molecular complexity index is 110. The second kappa shape index (κ2) is 9.51. The second-order valence-corrected chi connectivity index (χ2v) is 4.74. The molecule has 0 aliphatic rings. The lowest BCUT2D eigenvalue weighted by Crippen LogP contribution is -2.29. The molecule has 0 aromatic rings. The molecule has 0 saturated carbocycles. The molecule has 0 aromatic heterocycles. The van der Waals surface area contributed by atoms with E-state index in [1.54, 1.807) is 0 Å². The Hall–Kier alpha value is -0.0400. The summed E-state index contributed by atoms with van der Waals surface area (Å²) in [5, 5.41) is 3.66. The molecule has 0 aliphatic heterocycles. The summed E-state index contributed by atoms with van der Waals surface area (Å²) in [6, 6.07) is 0.764. The highest BCUT2D eigenvalue weighted by Crippen LogP contribution is 2.07. The van der Waals surface area contributed by atoms with Gasteiger partial charge < -0.3 is 5.32 Å². The van der Waals surface area contributed by atoms with E-state index in [0.29, 0.717) is 0 Å². The molecule has 0 rings (SSSR count). The highest BCUT2D eigenvalue weighted by molar-refractivity contribution is 4.65. The van der Waals surface area contributed by atoms with Crippen molar-refractivity contribution in [1.29, 1.82) is 0 Å². The van der Waals surface area contributed by atoms with Crippen molar-refractivity contribution in [2.75, 3.05) is 6.54 Å². The van der Waals surface area contributed by atoms with Gasteiger partial charge in [0.1, 0.15) is 0 Å². The van der Waals surface area contributed by atoms with Crippen LogP contribution in [0.4, 0.5) is 0 Å². The van der Waals surface area contributed by atoms with Gasteiger partial charge in [-0.05, 0) is 31.7 Å². The van der Waals surface area contributed by atoms with Crippen LogP contribution in [0.2, 0.25) is 0 Å². The number of hydrogen-bond acceptors (Lipinski definition) is 1. The molecule has 1 atom stereocenters. The van der Waals surface area contributed by atoms with Gasteiger partial charge in [0.05, 0.1) is 0 Å². The van der Waals surface area contributed by atoms with Gasteiger partial charge in [-0.25, -0.2) is 0 Å². The van der Waals surface area contributed by atoms with Gasteiger partial charge in [-0.2, -0.15) is 0 Å². The van der Waals surface area contributed by atoms with Crippen molar-refractivity contribution in [2.45, 2.75) is 72.3 Å². The van der Waals surface area contributed by atoms with E-state index in [2.05, 4.69) is 33.0 Å².